The van der Waals surface area contributed by atoms with Gasteiger partial charge in [-0.15, -0.1) is 0 Å². The number of aliphatic hydroxyl groups is 1. The van der Waals surface area contributed by atoms with Gasteiger partial charge in [0, 0.05) is 65.4 Å². The summed E-state index contributed by atoms with van der Waals surface area (Å²) in [7, 11) is 7.00. The van der Waals surface area contributed by atoms with E-state index in [0.29, 0.717) is 0 Å². The average Bonchev–Trinajstić information content (AvgIpc) is 2.64. The van der Waals surface area contributed by atoms with Crippen molar-refractivity contribution in [2.75, 3.05) is 28.2 Å². The molecular formula is C24H40N2OY2-2. The van der Waals surface area contributed by atoms with Gasteiger partial charge in [0.05, 0.1) is 6.10 Å². The summed E-state index contributed by atoms with van der Waals surface area (Å²) in [6.07, 6.45) is 0.872. The molecule has 0 saturated carbocycles. The van der Waals surface area contributed by atoms with E-state index in [1.54, 1.807) is 28.2 Å². The quantitative estimate of drug-likeness (QED) is 0.465. The molecule has 0 saturated heterocycles. The van der Waals surface area contributed by atoms with Gasteiger partial charge in [0.1, 0.15) is 0 Å². The summed E-state index contributed by atoms with van der Waals surface area (Å²) >= 11 is 0. The smallest absolute Gasteiger partial charge is 0.0812 e. The maximum atomic E-state index is 9.60. The van der Waals surface area contributed by atoms with Crippen LogP contribution in [0, 0.1) is 11.8 Å². The number of hydrogen-bond donors (Lipinski definition) is 1. The van der Waals surface area contributed by atoms with Gasteiger partial charge in [0.25, 0.3) is 0 Å². The first-order chi connectivity index (χ1) is 12.8. The van der Waals surface area contributed by atoms with Gasteiger partial charge in [-0.05, 0) is 29.4 Å². The summed E-state index contributed by atoms with van der Waals surface area (Å²) in [5, 5.41) is 16.6. The van der Waals surface area contributed by atoms with Crippen molar-refractivity contribution in [3.8, 4) is 0 Å². The van der Waals surface area contributed by atoms with Crippen LogP contribution in [-0.4, -0.2) is 33.3 Å². The second-order valence-corrected chi connectivity index (χ2v) is 7.08. The van der Waals surface area contributed by atoms with Crippen molar-refractivity contribution < 1.29 is 70.5 Å². The van der Waals surface area contributed by atoms with E-state index >= 15 is 0 Å². The monoisotopic (exact) mass is 550 g/mol. The molecule has 1 atom stereocenters. The van der Waals surface area contributed by atoms with E-state index in [-0.39, 0.29) is 77.4 Å². The zero-order valence-corrected chi connectivity index (χ0v) is 25.4. The molecular weight excluding hydrogens is 510 g/mol. The summed E-state index contributed by atoms with van der Waals surface area (Å²) in [4.78, 5) is 0. The molecule has 0 fully saturated rings. The van der Waals surface area contributed by atoms with E-state index in [0.717, 1.165) is 11.5 Å². The van der Waals surface area contributed by atoms with Crippen molar-refractivity contribution >= 4 is 0 Å². The normalized spacial score (nSPS) is 9.90. The SMILES string of the molecule is CC(C)C(O)c1ccccc1.CC(C)Cc1ccccc1.C[N-]C.C[N-]C.[Y].[Y]. The molecule has 0 aromatic heterocycles. The zero-order valence-electron chi connectivity index (χ0n) is 19.7. The Morgan fingerprint density at radius 2 is 1.03 bits per heavy atom. The van der Waals surface area contributed by atoms with E-state index in [2.05, 4.69) is 54.8 Å². The first-order valence-corrected chi connectivity index (χ1v) is 9.56. The fourth-order valence-corrected chi connectivity index (χ4v) is 2.12. The average molecular weight is 550 g/mol. The van der Waals surface area contributed by atoms with E-state index < -0.39 is 0 Å². The third-order valence-electron chi connectivity index (χ3n) is 3.26. The van der Waals surface area contributed by atoms with Crippen molar-refractivity contribution in [3.05, 3.63) is 82.4 Å². The second-order valence-electron chi connectivity index (χ2n) is 7.08. The van der Waals surface area contributed by atoms with Crippen LogP contribution in [0.25, 0.3) is 10.6 Å². The van der Waals surface area contributed by atoms with Crippen molar-refractivity contribution in [3.63, 3.8) is 0 Å². The zero-order chi connectivity index (χ0) is 21.1. The summed E-state index contributed by atoms with van der Waals surface area (Å²) < 4.78 is 0. The number of rotatable bonds is 4. The third-order valence-corrected chi connectivity index (χ3v) is 3.26. The Hall–Kier alpha value is 0.528. The minimum absolute atomic E-state index is 0. The van der Waals surface area contributed by atoms with Crippen LogP contribution in [0.4, 0.5) is 0 Å². The van der Waals surface area contributed by atoms with Gasteiger partial charge >= 0.3 is 0 Å². The van der Waals surface area contributed by atoms with Gasteiger partial charge in [-0.2, -0.15) is 28.2 Å². The Morgan fingerprint density at radius 3 is 1.34 bits per heavy atom. The van der Waals surface area contributed by atoms with Crippen LogP contribution in [0.15, 0.2) is 60.7 Å². The van der Waals surface area contributed by atoms with Gasteiger partial charge in [-0.1, -0.05) is 88.4 Å². The van der Waals surface area contributed by atoms with E-state index in [1.165, 1.54) is 12.0 Å². The Labute approximate surface area is 231 Å². The molecule has 2 rings (SSSR count). The van der Waals surface area contributed by atoms with Crippen LogP contribution in [0.1, 0.15) is 44.9 Å². The molecule has 0 heterocycles. The predicted molar refractivity (Wildman–Crippen MR) is 122 cm³/mol. The van der Waals surface area contributed by atoms with Gasteiger partial charge in [-0.3, -0.25) is 0 Å². The summed E-state index contributed by atoms with van der Waals surface area (Å²) in [6, 6.07) is 20.4. The standard InChI is InChI=1S/C10H14O.C10H14.2C2H6N.2Y/c1-8(2)10(11)9-6-4-3-5-7-9;1-9(2)8-10-6-4-3-5-7-10;2*1-3-2;;/h3-8,10-11H,1-2H3;3-7,9H,8H2,1-2H3;2*1-2H3;;/q;;2*-1;;. The largest absolute Gasteiger partial charge is 0.668 e. The van der Waals surface area contributed by atoms with Crippen LogP contribution in [0.5, 0.6) is 0 Å². The van der Waals surface area contributed by atoms with Gasteiger partial charge in [-0.25, -0.2) is 0 Å². The van der Waals surface area contributed by atoms with E-state index in [1.807, 2.05) is 44.2 Å². The minimum atomic E-state index is -0.323. The summed E-state index contributed by atoms with van der Waals surface area (Å²) in [6.45, 7) is 8.51. The molecule has 160 valence electrons. The summed E-state index contributed by atoms with van der Waals surface area (Å²) in [5.41, 5.74) is 2.44. The predicted octanol–water partition coefficient (Wildman–Crippen LogP) is 6.50. The van der Waals surface area contributed by atoms with Gasteiger partial charge < -0.3 is 15.7 Å². The molecule has 0 amide bonds. The van der Waals surface area contributed by atoms with Crippen molar-refractivity contribution in [2.24, 2.45) is 11.8 Å². The van der Waals surface area contributed by atoms with Crippen LogP contribution in [0.2, 0.25) is 0 Å². The molecule has 5 heteroatoms. The van der Waals surface area contributed by atoms with Crippen LogP contribution in [0.3, 0.4) is 0 Å². The number of benzene rings is 2. The molecule has 3 nitrogen and oxygen atoms in total. The molecule has 29 heavy (non-hydrogen) atoms. The fraction of sp³-hybridized carbons (Fsp3) is 0.500. The third kappa shape index (κ3) is 24.7. The van der Waals surface area contributed by atoms with Crippen LogP contribution in [-0.2, 0) is 71.8 Å². The molecule has 0 aliphatic carbocycles. The molecule has 2 aromatic rings. The van der Waals surface area contributed by atoms with Crippen molar-refractivity contribution in [1.82, 2.24) is 0 Å². The first-order valence-electron chi connectivity index (χ1n) is 9.56. The number of hydrogen-bond acceptors (Lipinski definition) is 1. The minimum Gasteiger partial charge on any atom is -0.668 e. The molecule has 1 unspecified atom stereocenters. The van der Waals surface area contributed by atoms with Crippen molar-refractivity contribution in [1.29, 1.82) is 0 Å². The molecule has 0 aliphatic heterocycles. The van der Waals surface area contributed by atoms with Gasteiger partial charge in [0.15, 0.2) is 0 Å². The topological polar surface area (TPSA) is 48.4 Å². The summed E-state index contributed by atoms with van der Waals surface area (Å²) in [5.74, 6) is 1.06. The molecule has 0 bridgehead atoms. The number of nitrogens with zero attached hydrogens (tertiary/aromatic N) is 2. The first kappa shape index (κ1) is 36.9. The molecule has 2 radical (unpaired) electrons. The molecule has 0 aliphatic rings. The Morgan fingerprint density at radius 1 is 0.690 bits per heavy atom. The Balaban J connectivity index is -0.000000161. The van der Waals surface area contributed by atoms with E-state index in [9.17, 15) is 5.11 Å². The van der Waals surface area contributed by atoms with Crippen LogP contribution < -0.4 is 0 Å². The Bertz CT molecular complexity index is 521. The molecule has 2 aromatic carbocycles. The number of aliphatic hydroxyl groups excluding tert-OH is 1. The van der Waals surface area contributed by atoms with Crippen LogP contribution >= 0.6 is 0 Å². The maximum absolute atomic E-state index is 9.60. The van der Waals surface area contributed by atoms with Crippen molar-refractivity contribution in [2.45, 2.75) is 40.2 Å². The fourth-order valence-electron chi connectivity index (χ4n) is 2.12. The molecule has 0 spiro atoms. The van der Waals surface area contributed by atoms with Gasteiger partial charge in [0.2, 0.25) is 0 Å². The maximum Gasteiger partial charge on any atom is 0.0812 e. The second kappa shape index (κ2) is 26.6. The molecule has 1 N–H and O–H groups in total. The Kier molecular flexibility index (Phi) is 33.8. The van der Waals surface area contributed by atoms with E-state index in [4.69, 9.17) is 0 Å².